The number of rotatable bonds is 6. The van der Waals surface area contributed by atoms with Crippen LogP contribution in [0.25, 0.3) is 0 Å². The maximum atomic E-state index is 5.18. The van der Waals surface area contributed by atoms with Crippen LogP contribution in [0.5, 0.6) is 5.75 Å². The third-order valence-electron chi connectivity index (χ3n) is 2.65. The molecule has 84 valence electrons. The Kier molecular flexibility index (Phi) is 5.19. The molecule has 1 aromatic rings. The van der Waals surface area contributed by atoms with E-state index in [0.717, 1.165) is 18.7 Å². The van der Waals surface area contributed by atoms with Crippen molar-refractivity contribution in [3.8, 4) is 5.75 Å². The van der Waals surface area contributed by atoms with Gasteiger partial charge in [-0.2, -0.15) is 0 Å². The molecule has 1 unspecified atom stereocenters. The number of hydrogen-bond donors (Lipinski definition) is 1. The molecular formula is C13H21NO. The largest absolute Gasteiger partial charge is 0.497 e. The Labute approximate surface area is 92.6 Å². The molecule has 0 saturated heterocycles. The summed E-state index contributed by atoms with van der Waals surface area (Å²) in [5, 5.41) is 3.48. The lowest BCUT2D eigenvalue weighted by molar-refractivity contribution is 0.414. The second-order valence-corrected chi connectivity index (χ2v) is 3.86. The van der Waals surface area contributed by atoms with Crippen LogP contribution in [0.1, 0.15) is 25.8 Å². The van der Waals surface area contributed by atoms with Gasteiger partial charge < -0.3 is 10.1 Å². The standard InChI is InChI=1S/C13H21NO/c1-4-11(2)14-9-8-12-6-5-7-13(10-12)15-3/h5-7,10-11,14H,4,8-9H2,1-3H3. The Morgan fingerprint density at radius 3 is 2.87 bits per heavy atom. The first-order chi connectivity index (χ1) is 7.26. The molecule has 2 nitrogen and oxygen atoms in total. The maximum absolute atomic E-state index is 5.18. The fourth-order valence-corrected chi connectivity index (χ4v) is 1.44. The van der Waals surface area contributed by atoms with Gasteiger partial charge in [0.25, 0.3) is 0 Å². The van der Waals surface area contributed by atoms with E-state index < -0.39 is 0 Å². The molecule has 0 fully saturated rings. The molecule has 0 aliphatic carbocycles. The number of benzene rings is 1. The van der Waals surface area contributed by atoms with Crippen molar-refractivity contribution in [3.63, 3.8) is 0 Å². The Bertz CT molecular complexity index is 286. The predicted octanol–water partition coefficient (Wildman–Crippen LogP) is 2.63. The molecule has 1 rings (SSSR count). The highest BCUT2D eigenvalue weighted by molar-refractivity contribution is 5.28. The average Bonchev–Trinajstić information content (AvgIpc) is 2.29. The summed E-state index contributed by atoms with van der Waals surface area (Å²) in [6.45, 7) is 5.44. The van der Waals surface area contributed by atoms with Gasteiger partial charge in [0.1, 0.15) is 5.75 Å². The van der Waals surface area contributed by atoms with Crippen LogP contribution in [-0.2, 0) is 6.42 Å². The Balaban J connectivity index is 2.37. The summed E-state index contributed by atoms with van der Waals surface area (Å²) >= 11 is 0. The van der Waals surface area contributed by atoms with E-state index >= 15 is 0 Å². The third kappa shape index (κ3) is 4.34. The van der Waals surface area contributed by atoms with Crippen LogP contribution < -0.4 is 10.1 Å². The van der Waals surface area contributed by atoms with E-state index in [1.165, 1.54) is 12.0 Å². The first-order valence-electron chi connectivity index (χ1n) is 5.62. The van der Waals surface area contributed by atoms with Gasteiger partial charge in [0.15, 0.2) is 0 Å². The first-order valence-corrected chi connectivity index (χ1v) is 5.62. The van der Waals surface area contributed by atoms with Crippen molar-refractivity contribution in [1.82, 2.24) is 5.32 Å². The average molecular weight is 207 g/mol. The summed E-state index contributed by atoms with van der Waals surface area (Å²) in [4.78, 5) is 0. The van der Waals surface area contributed by atoms with Crippen LogP contribution in [0.2, 0.25) is 0 Å². The lowest BCUT2D eigenvalue weighted by atomic mass is 10.1. The molecule has 0 amide bonds. The molecule has 1 N–H and O–H groups in total. The molecule has 0 heterocycles. The molecule has 15 heavy (non-hydrogen) atoms. The van der Waals surface area contributed by atoms with E-state index in [2.05, 4.69) is 31.3 Å². The number of methoxy groups -OCH3 is 1. The van der Waals surface area contributed by atoms with E-state index in [-0.39, 0.29) is 0 Å². The van der Waals surface area contributed by atoms with Gasteiger partial charge in [-0.05, 0) is 44.0 Å². The van der Waals surface area contributed by atoms with Crippen molar-refractivity contribution in [2.75, 3.05) is 13.7 Å². The Morgan fingerprint density at radius 2 is 2.20 bits per heavy atom. The summed E-state index contributed by atoms with van der Waals surface area (Å²) in [7, 11) is 1.70. The molecule has 0 bridgehead atoms. The third-order valence-corrected chi connectivity index (χ3v) is 2.65. The van der Waals surface area contributed by atoms with Crippen molar-refractivity contribution in [2.45, 2.75) is 32.7 Å². The summed E-state index contributed by atoms with van der Waals surface area (Å²) < 4.78 is 5.18. The van der Waals surface area contributed by atoms with Crippen LogP contribution in [0.4, 0.5) is 0 Å². The van der Waals surface area contributed by atoms with Gasteiger partial charge in [0.05, 0.1) is 7.11 Å². The van der Waals surface area contributed by atoms with Crippen molar-refractivity contribution < 1.29 is 4.74 Å². The van der Waals surface area contributed by atoms with Gasteiger partial charge in [-0.1, -0.05) is 19.1 Å². The topological polar surface area (TPSA) is 21.3 Å². The van der Waals surface area contributed by atoms with Gasteiger partial charge in [0, 0.05) is 6.04 Å². The summed E-state index contributed by atoms with van der Waals surface area (Å²) in [5.74, 6) is 0.941. The zero-order chi connectivity index (χ0) is 11.1. The second kappa shape index (κ2) is 6.46. The molecule has 0 saturated carbocycles. The van der Waals surface area contributed by atoms with Crippen LogP contribution in [0.15, 0.2) is 24.3 Å². The number of ether oxygens (including phenoxy) is 1. The highest BCUT2D eigenvalue weighted by atomic mass is 16.5. The Morgan fingerprint density at radius 1 is 1.40 bits per heavy atom. The molecule has 0 spiro atoms. The van der Waals surface area contributed by atoms with Crippen molar-refractivity contribution in [1.29, 1.82) is 0 Å². The summed E-state index contributed by atoms with van der Waals surface area (Å²) in [6, 6.07) is 8.86. The SMILES string of the molecule is CCC(C)NCCc1cccc(OC)c1. The normalized spacial score (nSPS) is 12.5. The number of hydrogen-bond acceptors (Lipinski definition) is 2. The Hall–Kier alpha value is -1.02. The molecule has 0 aromatic heterocycles. The molecular weight excluding hydrogens is 186 g/mol. The fourth-order valence-electron chi connectivity index (χ4n) is 1.44. The second-order valence-electron chi connectivity index (χ2n) is 3.86. The molecule has 0 aliphatic rings. The molecule has 1 atom stereocenters. The molecule has 0 radical (unpaired) electrons. The summed E-state index contributed by atoms with van der Waals surface area (Å²) in [6.07, 6.45) is 2.24. The van der Waals surface area contributed by atoms with E-state index in [0.29, 0.717) is 6.04 Å². The van der Waals surface area contributed by atoms with Crippen LogP contribution >= 0.6 is 0 Å². The van der Waals surface area contributed by atoms with Crippen molar-refractivity contribution in [2.24, 2.45) is 0 Å². The van der Waals surface area contributed by atoms with Crippen LogP contribution in [0.3, 0.4) is 0 Å². The van der Waals surface area contributed by atoms with E-state index in [4.69, 9.17) is 4.74 Å². The summed E-state index contributed by atoms with van der Waals surface area (Å²) in [5.41, 5.74) is 1.32. The lowest BCUT2D eigenvalue weighted by Gasteiger charge is -2.11. The molecule has 1 aromatic carbocycles. The molecule has 2 heteroatoms. The van der Waals surface area contributed by atoms with Gasteiger partial charge in [-0.25, -0.2) is 0 Å². The first kappa shape index (κ1) is 12.1. The monoisotopic (exact) mass is 207 g/mol. The molecule has 0 aliphatic heterocycles. The maximum Gasteiger partial charge on any atom is 0.119 e. The van der Waals surface area contributed by atoms with E-state index in [9.17, 15) is 0 Å². The quantitative estimate of drug-likeness (QED) is 0.774. The van der Waals surface area contributed by atoms with Crippen LogP contribution in [-0.4, -0.2) is 19.7 Å². The van der Waals surface area contributed by atoms with E-state index in [1.54, 1.807) is 7.11 Å². The lowest BCUT2D eigenvalue weighted by Crippen LogP contribution is -2.27. The minimum absolute atomic E-state index is 0.607. The van der Waals surface area contributed by atoms with Crippen molar-refractivity contribution in [3.05, 3.63) is 29.8 Å². The van der Waals surface area contributed by atoms with E-state index in [1.807, 2.05) is 12.1 Å². The minimum Gasteiger partial charge on any atom is -0.497 e. The zero-order valence-corrected chi connectivity index (χ0v) is 9.92. The van der Waals surface area contributed by atoms with Gasteiger partial charge in [-0.3, -0.25) is 0 Å². The predicted molar refractivity (Wildman–Crippen MR) is 64.5 cm³/mol. The smallest absolute Gasteiger partial charge is 0.119 e. The van der Waals surface area contributed by atoms with Gasteiger partial charge in [0.2, 0.25) is 0 Å². The van der Waals surface area contributed by atoms with Gasteiger partial charge in [-0.15, -0.1) is 0 Å². The van der Waals surface area contributed by atoms with Crippen molar-refractivity contribution >= 4 is 0 Å². The zero-order valence-electron chi connectivity index (χ0n) is 9.92. The van der Waals surface area contributed by atoms with Crippen LogP contribution in [0, 0.1) is 0 Å². The van der Waals surface area contributed by atoms with Gasteiger partial charge >= 0.3 is 0 Å². The highest BCUT2D eigenvalue weighted by Crippen LogP contribution is 2.12. The number of nitrogens with one attached hydrogen (secondary N) is 1. The highest BCUT2D eigenvalue weighted by Gasteiger charge is 1.98. The fraction of sp³-hybridized carbons (Fsp3) is 0.538. The minimum atomic E-state index is 0.607.